The van der Waals surface area contributed by atoms with Crippen molar-refractivity contribution in [1.29, 1.82) is 0 Å². The van der Waals surface area contributed by atoms with E-state index in [0.717, 1.165) is 36.4 Å². The van der Waals surface area contributed by atoms with E-state index in [1.54, 1.807) is 0 Å². The molecule has 0 radical (unpaired) electrons. The largest absolute Gasteiger partial charge is 0.506 e. The molecule has 0 saturated carbocycles. The van der Waals surface area contributed by atoms with Gasteiger partial charge < -0.3 is 20.8 Å². The zero-order valence-corrected chi connectivity index (χ0v) is 32.1. The molecule has 0 saturated heterocycles. The third-order valence-electron chi connectivity index (χ3n) is 8.47. The van der Waals surface area contributed by atoms with Crippen LogP contribution in [-0.2, 0) is 40.3 Å². The summed E-state index contributed by atoms with van der Waals surface area (Å²) in [6.45, 7) is 2.88. The van der Waals surface area contributed by atoms with Crippen LogP contribution in [0.4, 0.5) is 27.5 Å². The lowest BCUT2D eigenvalue weighted by atomic mass is 10.1. The summed E-state index contributed by atoms with van der Waals surface area (Å²) in [7, 11) is -19.0. The molecule has 292 valence electrons. The Kier molecular flexibility index (Phi) is 10.1. The second kappa shape index (κ2) is 14.3. The number of aromatic hydroxyl groups is 2. The van der Waals surface area contributed by atoms with Crippen LogP contribution < -0.4 is 20.1 Å². The molecule has 0 aliphatic carbocycles. The molecule has 56 heavy (non-hydrogen) atoms. The van der Waals surface area contributed by atoms with E-state index in [-0.39, 0.29) is 53.8 Å². The Bertz CT molecular complexity index is 2880. The number of phenols is 2. The van der Waals surface area contributed by atoms with Crippen molar-refractivity contribution in [2.75, 3.05) is 20.1 Å². The first-order chi connectivity index (χ1) is 26.1. The van der Waals surface area contributed by atoms with Crippen LogP contribution in [-0.4, -0.2) is 59.0 Å². The van der Waals surface area contributed by atoms with Gasteiger partial charge in [0.25, 0.3) is 40.3 Å². The highest BCUT2D eigenvalue weighted by atomic mass is 32.2. The van der Waals surface area contributed by atoms with Gasteiger partial charge in [0.05, 0.1) is 21.2 Å². The predicted octanol–water partition coefficient (Wildman–Crippen LogP) is 5.76. The molecule has 0 fully saturated rings. The van der Waals surface area contributed by atoms with Gasteiger partial charge in [0, 0.05) is 22.1 Å². The van der Waals surface area contributed by atoms with E-state index in [1.165, 1.54) is 74.5 Å². The van der Waals surface area contributed by atoms with Crippen LogP contribution in [0.3, 0.4) is 0 Å². The minimum atomic E-state index is -4.86. The summed E-state index contributed by atoms with van der Waals surface area (Å²) in [5, 5.41) is 25.8. The lowest BCUT2D eigenvalue weighted by molar-refractivity contribution is 0.262. The molecule has 0 atom stereocenters. The lowest BCUT2D eigenvalue weighted by Crippen LogP contribution is -2.21. The molecule has 6 aromatic carbocycles. The molecule has 0 unspecified atom stereocenters. The van der Waals surface area contributed by atoms with Crippen LogP contribution in [0.5, 0.6) is 11.5 Å². The van der Waals surface area contributed by atoms with Gasteiger partial charge in [-0.3, -0.25) is 18.5 Å². The van der Waals surface area contributed by atoms with Crippen molar-refractivity contribution in [3.8, 4) is 11.5 Å². The molecule has 2 amide bonds. The fourth-order valence-corrected chi connectivity index (χ4v) is 10.1. The molecule has 0 spiro atoms. The van der Waals surface area contributed by atoms with Crippen LogP contribution in [0.15, 0.2) is 117 Å². The third kappa shape index (κ3) is 7.89. The van der Waals surface area contributed by atoms with Crippen LogP contribution in [0.2, 0.25) is 0 Å². The highest BCUT2D eigenvalue weighted by Crippen LogP contribution is 2.40. The van der Waals surface area contributed by atoms with Crippen molar-refractivity contribution >= 4 is 90.6 Å². The molecule has 21 heteroatoms. The molecule has 0 bridgehead atoms. The molecule has 8 N–H and O–H groups in total. The van der Waals surface area contributed by atoms with Gasteiger partial charge in [-0.25, -0.2) is 21.6 Å². The van der Waals surface area contributed by atoms with Gasteiger partial charge >= 0.3 is 6.03 Å². The van der Waals surface area contributed by atoms with E-state index < -0.39 is 79.0 Å². The Morgan fingerprint density at radius 3 is 1.23 bits per heavy atom. The summed E-state index contributed by atoms with van der Waals surface area (Å²) in [6, 6.07) is 19.2. The van der Waals surface area contributed by atoms with E-state index in [2.05, 4.69) is 20.1 Å². The van der Waals surface area contributed by atoms with E-state index in [4.69, 9.17) is 0 Å². The van der Waals surface area contributed by atoms with E-state index in [1.807, 2.05) is 0 Å². The highest BCUT2D eigenvalue weighted by molar-refractivity contribution is 7.93. The molecular formula is C35H30N4O13S4. The van der Waals surface area contributed by atoms with Crippen LogP contribution in [0.25, 0.3) is 21.5 Å². The number of anilines is 4. The fourth-order valence-electron chi connectivity index (χ4n) is 5.91. The SMILES string of the molecule is Cc1ccc(NC(=O)Nc2ccc(C)c(S(=O)(=O)Nc3c(O)ccc4cccc(S(=O)(=O)O)c34)c2)cc1S(=O)(=O)Nc1c(O)ccc2cccc(S(=O)(=O)O)c12. The average Bonchev–Trinajstić information content (AvgIpc) is 3.10. The van der Waals surface area contributed by atoms with E-state index >= 15 is 0 Å². The summed E-state index contributed by atoms with van der Waals surface area (Å²) in [5.41, 5.74) is -0.811. The summed E-state index contributed by atoms with van der Waals surface area (Å²) in [6.07, 6.45) is 0. The molecule has 0 aliphatic rings. The molecular weight excluding hydrogens is 813 g/mol. The Hall–Kier alpha value is -5.97. The Labute approximate surface area is 320 Å². The predicted molar refractivity (Wildman–Crippen MR) is 207 cm³/mol. The van der Waals surface area contributed by atoms with Gasteiger partial charge in [-0.05, 0) is 84.3 Å². The minimum absolute atomic E-state index is 0.0584. The smallest absolute Gasteiger partial charge is 0.323 e. The van der Waals surface area contributed by atoms with Crippen molar-refractivity contribution in [3.05, 3.63) is 108 Å². The van der Waals surface area contributed by atoms with Gasteiger partial charge in [-0.2, -0.15) is 16.8 Å². The van der Waals surface area contributed by atoms with Crippen LogP contribution in [0.1, 0.15) is 11.1 Å². The standard InChI is InChI=1S/C35H30N4O13S4/c1-19-9-13-23(17-29(19)53(43,44)38-33-25(40)15-11-21-5-3-7-27(31(21)33)55(47,48)49)36-35(42)37-24-14-10-20(2)30(18-24)54(45,46)39-34-26(41)16-12-22-6-4-8-28(32(22)34)56(50,51)52/h3-18,38-41H,1-2H3,(H2,36,37,42)(H,47,48,49)(H,50,51,52). The van der Waals surface area contributed by atoms with Crippen molar-refractivity contribution in [2.45, 2.75) is 33.4 Å². The molecule has 0 aliphatic heterocycles. The molecule has 0 aromatic heterocycles. The first-order valence-electron chi connectivity index (χ1n) is 15.9. The molecule has 0 heterocycles. The molecule has 6 rings (SSSR count). The number of rotatable bonds is 10. The average molecular weight is 843 g/mol. The van der Waals surface area contributed by atoms with Crippen LogP contribution >= 0.6 is 0 Å². The number of hydrogen-bond donors (Lipinski definition) is 8. The summed E-state index contributed by atoms with van der Waals surface area (Å²) in [4.78, 5) is 11.0. The number of aryl methyl sites for hydroxylation is 2. The van der Waals surface area contributed by atoms with E-state index in [9.17, 15) is 57.8 Å². The summed E-state index contributed by atoms with van der Waals surface area (Å²) >= 11 is 0. The Morgan fingerprint density at radius 2 is 0.875 bits per heavy atom. The second-order valence-corrected chi connectivity index (χ2v) is 18.4. The van der Waals surface area contributed by atoms with Gasteiger partial charge in [0.1, 0.15) is 21.3 Å². The number of phenolic OH excluding ortho intramolecular Hbond substituents is 2. The Balaban J connectivity index is 1.27. The zero-order valence-electron chi connectivity index (χ0n) is 28.8. The maximum Gasteiger partial charge on any atom is 0.323 e. The first-order valence-corrected chi connectivity index (χ1v) is 21.7. The van der Waals surface area contributed by atoms with Crippen molar-refractivity contribution in [3.63, 3.8) is 0 Å². The quantitative estimate of drug-likeness (QED) is 0.0602. The van der Waals surface area contributed by atoms with Crippen molar-refractivity contribution in [2.24, 2.45) is 0 Å². The first kappa shape index (κ1) is 39.7. The minimum Gasteiger partial charge on any atom is -0.506 e. The number of amides is 2. The number of sulfonamides is 2. The number of hydrogen-bond acceptors (Lipinski definition) is 11. The lowest BCUT2D eigenvalue weighted by Gasteiger charge is -2.17. The van der Waals surface area contributed by atoms with Gasteiger partial charge in [0.15, 0.2) is 0 Å². The number of nitrogens with one attached hydrogen (secondary N) is 4. The summed E-state index contributed by atoms with van der Waals surface area (Å²) < 4.78 is 127. The molecule has 17 nitrogen and oxygen atoms in total. The Morgan fingerprint density at radius 1 is 0.500 bits per heavy atom. The van der Waals surface area contributed by atoms with Crippen molar-refractivity contribution < 1.29 is 57.8 Å². The second-order valence-electron chi connectivity index (χ2n) is 12.3. The zero-order chi connectivity index (χ0) is 41.0. The number of carbonyl (C=O) groups excluding carboxylic acids is 1. The van der Waals surface area contributed by atoms with Gasteiger partial charge in [-0.1, -0.05) is 48.5 Å². The van der Waals surface area contributed by atoms with Crippen molar-refractivity contribution in [1.82, 2.24) is 0 Å². The topological polar surface area (TPSA) is 283 Å². The number of benzene rings is 6. The number of carbonyl (C=O) groups is 1. The highest BCUT2D eigenvalue weighted by Gasteiger charge is 2.27. The number of urea groups is 1. The monoisotopic (exact) mass is 842 g/mol. The van der Waals surface area contributed by atoms with Gasteiger partial charge in [0.2, 0.25) is 0 Å². The molecule has 6 aromatic rings. The number of fused-ring (bicyclic) bond motifs is 2. The normalized spacial score (nSPS) is 12.4. The summed E-state index contributed by atoms with van der Waals surface area (Å²) in [5.74, 6) is -1.29. The maximum absolute atomic E-state index is 13.7. The maximum atomic E-state index is 13.7. The van der Waals surface area contributed by atoms with Gasteiger partial charge in [-0.15, -0.1) is 0 Å². The van der Waals surface area contributed by atoms with E-state index in [0.29, 0.717) is 0 Å². The fraction of sp³-hybridized carbons (Fsp3) is 0.0571. The van der Waals surface area contributed by atoms with Crippen LogP contribution in [0, 0.1) is 13.8 Å². The third-order valence-corrected chi connectivity index (χ3v) is 13.2.